The molecule has 0 bridgehead atoms. The van der Waals surface area contributed by atoms with Crippen molar-refractivity contribution in [2.45, 2.75) is 45.1 Å². The number of fused-ring (bicyclic) bond motifs is 1. The van der Waals surface area contributed by atoms with Gasteiger partial charge in [0, 0.05) is 32.2 Å². The third-order valence-corrected chi connectivity index (χ3v) is 6.89. The smallest absolute Gasteiger partial charge is 0.138 e. The minimum absolute atomic E-state index is 0.547. The first kappa shape index (κ1) is 20.7. The van der Waals surface area contributed by atoms with Gasteiger partial charge >= 0.3 is 0 Å². The molecule has 2 aromatic rings. The van der Waals surface area contributed by atoms with Crippen LogP contribution in [0.25, 0.3) is 0 Å². The van der Waals surface area contributed by atoms with Crippen molar-refractivity contribution < 1.29 is 0 Å². The van der Waals surface area contributed by atoms with Crippen LogP contribution in [0.3, 0.4) is 0 Å². The number of nitrogens with zero attached hydrogens (tertiary/aromatic N) is 2. The number of hydrogen-bond donors (Lipinski definition) is 2. The molecule has 1 saturated heterocycles. The molecule has 0 radical (unpaired) electrons. The molecule has 2 aliphatic heterocycles. The first-order valence-electron chi connectivity index (χ1n) is 10.3. The topological polar surface area (TPSA) is 54.2 Å². The highest BCUT2D eigenvalue weighted by atomic mass is 32.1. The molecule has 3 heterocycles. The lowest BCUT2D eigenvalue weighted by Gasteiger charge is -2.39. The fourth-order valence-electron chi connectivity index (χ4n) is 4.28. The van der Waals surface area contributed by atoms with E-state index >= 15 is 0 Å². The Labute approximate surface area is 173 Å². The molecule has 4 nitrogen and oxygen atoms in total. The van der Waals surface area contributed by atoms with Gasteiger partial charge in [-0.1, -0.05) is 29.8 Å². The van der Waals surface area contributed by atoms with Crippen LogP contribution in [0.2, 0.25) is 0 Å². The van der Waals surface area contributed by atoms with Crippen LogP contribution < -0.4 is 0 Å². The second kappa shape index (κ2) is 9.99. The summed E-state index contributed by atoms with van der Waals surface area (Å²) in [7, 11) is 0. The van der Waals surface area contributed by atoms with Crippen molar-refractivity contribution in [2.75, 3.05) is 26.2 Å². The van der Waals surface area contributed by atoms with Gasteiger partial charge in [0.05, 0.1) is 4.88 Å². The number of rotatable bonds is 4. The number of hydrogen-bond acceptors (Lipinski definition) is 4. The van der Waals surface area contributed by atoms with Gasteiger partial charge in [-0.25, -0.2) is 0 Å². The van der Waals surface area contributed by atoms with Crippen LogP contribution in [0, 0.1) is 17.7 Å². The molecule has 1 fully saturated rings. The molecule has 2 aliphatic rings. The van der Waals surface area contributed by atoms with Crippen LogP contribution in [0.1, 0.15) is 40.8 Å². The Kier molecular flexibility index (Phi) is 7.40. The SMILES string of the molecule is C=N.Cc1ccc(CCN2CCC(N3CCCc4ccsc4C3=N)CC2)cc1. The summed E-state index contributed by atoms with van der Waals surface area (Å²) < 4.78 is 0. The molecule has 150 valence electrons. The molecule has 1 aromatic carbocycles. The highest BCUT2D eigenvalue weighted by molar-refractivity contribution is 7.12. The van der Waals surface area contributed by atoms with E-state index in [1.807, 2.05) is 0 Å². The van der Waals surface area contributed by atoms with E-state index in [-0.39, 0.29) is 0 Å². The zero-order valence-electron chi connectivity index (χ0n) is 16.9. The summed E-state index contributed by atoms with van der Waals surface area (Å²) in [4.78, 5) is 6.22. The minimum atomic E-state index is 0.547. The lowest BCUT2D eigenvalue weighted by Crippen LogP contribution is -2.47. The predicted molar refractivity (Wildman–Crippen MR) is 120 cm³/mol. The molecule has 0 atom stereocenters. The lowest BCUT2D eigenvalue weighted by atomic mass is 10.0. The van der Waals surface area contributed by atoms with Gasteiger partial charge in [-0.3, -0.25) is 5.41 Å². The fraction of sp³-hybridized carbons (Fsp3) is 0.478. The molecule has 28 heavy (non-hydrogen) atoms. The molecule has 0 saturated carbocycles. The van der Waals surface area contributed by atoms with Crippen molar-refractivity contribution >= 4 is 23.9 Å². The number of likely N-dealkylation sites (tertiary alicyclic amines) is 1. The fourth-order valence-corrected chi connectivity index (χ4v) is 5.20. The van der Waals surface area contributed by atoms with Gasteiger partial charge in [0.15, 0.2) is 0 Å². The maximum Gasteiger partial charge on any atom is 0.138 e. The van der Waals surface area contributed by atoms with E-state index in [9.17, 15) is 0 Å². The molecule has 0 aliphatic carbocycles. The summed E-state index contributed by atoms with van der Waals surface area (Å²) >= 11 is 1.75. The van der Waals surface area contributed by atoms with Crippen molar-refractivity contribution in [1.82, 2.24) is 9.80 Å². The first-order valence-corrected chi connectivity index (χ1v) is 11.1. The molecule has 2 N–H and O–H groups in total. The van der Waals surface area contributed by atoms with Crippen LogP contribution in [0.15, 0.2) is 35.7 Å². The van der Waals surface area contributed by atoms with Gasteiger partial charge in [0.2, 0.25) is 0 Å². The number of thiophene rings is 1. The van der Waals surface area contributed by atoms with E-state index in [4.69, 9.17) is 10.8 Å². The summed E-state index contributed by atoms with van der Waals surface area (Å²) in [6, 6.07) is 11.7. The highest BCUT2D eigenvalue weighted by Crippen LogP contribution is 2.27. The monoisotopic (exact) mass is 396 g/mol. The summed E-state index contributed by atoms with van der Waals surface area (Å²) in [5.41, 5.74) is 4.17. The zero-order valence-corrected chi connectivity index (χ0v) is 17.7. The van der Waals surface area contributed by atoms with E-state index in [0.29, 0.717) is 6.04 Å². The first-order chi connectivity index (χ1) is 13.7. The number of piperidine rings is 1. The normalized spacial score (nSPS) is 18.2. The third-order valence-electron chi connectivity index (χ3n) is 5.93. The van der Waals surface area contributed by atoms with E-state index < -0.39 is 0 Å². The van der Waals surface area contributed by atoms with E-state index in [1.54, 1.807) is 11.3 Å². The Hall–Kier alpha value is -1.98. The van der Waals surface area contributed by atoms with Crippen LogP contribution in [-0.2, 0) is 12.8 Å². The highest BCUT2D eigenvalue weighted by Gasteiger charge is 2.29. The molecule has 0 spiro atoms. The third kappa shape index (κ3) is 4.89. The number of nitrogens with one attached hydrogen (secondary N) is 2. The van der Waals surface area contributed by atoms with Crippen molar-refractivity contribution in [3.05, 3.63) is 57.3 Å². The van der Waals surface area contributed by atoms with E-state index in [1.165, 1.54) is 40.8 Å². The van der Waals surface area contributed by atoms with Gasteiger partial charge in [0.25, 0.3) is 0 Å². The molecule has 4 rings (SSSR count). The van der Waals surface area contributed by atoms with E-state index in [2.05, 4.69) is 59.2 Å². The molecule has 0 unspecified atom stereocenters. The minimum Gasteiger partial charge on any atom is -0.353 e. The van der Waals surface area contributed by atoms with Gasteiger partial charge in [-0.2, -0.15) is 0 Å². The summed E-state index contributed by atoms with van der Waals surface area (Å²) in [5.74, 6) is 0.783. The van der Waals surface area contributed by atoms with Crippen molar-refractivity contribution in [3.63, 3.8) is 0 Å². The molecule has 5 heteroatoms. The van der Waals surface area contributed by atoms with E-state index in [0.717, 1.165) is 44.9 Å². The average molecular weight is 397 g/mol. The van der Waals surface area contributed by atoms with Crippen molar-refractivity contribution in [2.24, 2.45) is 0 Å². The van der Waals surface area contributed by atoms with Crippen molar-refractivity contribution in [1.29, 1.82) is 10.8 Å². The summed E-state index contributed by atoms with van der Waals surface area (Å²) in [6.07, 6.45) is 5.84. The average Bonchev–Trinajstić information content (AvgIpc) is 3.15. The van der Waals surface area contributed by atoms with Gasteiger partial charge in [-0.15, -0.1) is 11.3 Å². The van der Waals surface area contributed by atoms with Crippen LogP contribution in [0.5, 0.6) is 0 Å². The maximum absolute atomic E-state index is 8.70. The predicted octanol–water partition coefficient (Wildman–Crippen LogP) is 4.60. The van der Waals surface area contributed by atoms with Gasteiger partial charge < -0.3 is 15.2 Å². The molecule has 0 amide bonds. The molecule has 1 aromatic heterocycles. The summed E-state index contributed by atoms with van der Waals surface area (Å²) in [6.45, 7) is 9.18. The largest absolute Gasteiger partial charge is 0.353 e. The second-order valence-electron chi connectivity index (χ2n) is 7.73. The van der Waals surface area contributed by atoms with Crippen LogP contribution in [0.4, 0.5) is 0 Å². The Bertz CT molecular complexity index is 759. The van der Waals surface area contributed by atoms with Gasteiger partial charge in [-0.05, 0) is 68.3 Å². The quantitative estimate of drug-likeness (QED) is 0.742. The van der Waals surface area contributed by atoms with Crippen LogP contribution in [-0.4, -0.2) is 54.6 Å². The number of amidine groups is 1. The summed E-state index contributed by atoms with van der Waals surface area (Å²) in [5, 5.41) is 16.4. The Morgan fingerprint density at radius 3 is 2.50 bits per heavy atom. The van der Waals surface area contributed by atoms with Gasteiger partial charge in [0.1, 0.15) is 5.84 Å². The lowest BCUT2D eigenvalue weighted by molar-refractivity contribution is 0.154. The number of benzene rings is 1. The second-order valence-corrected chi connectivity index (χ2v) is 8.65. The Morgan fingerprint density at radius 2 is 1.79 bits per heavy atom. The zero-order chi connectivity index (χ0) is 19.9. The maximum atomic E-state index is 8.70. The Balaban J connectivity index is 0.00000109. The standard InChI is InChI=1S/C22H29N3S.CH3N/c1-17-4-6-18(7-5-17)8-13-24-14-9-20(10-15-24)25-12-2-3-19-11-16-26-21(19)22(25)23;1-2/h4-7,11,16,20,23H,2-3,8-10,12-15H2,1H3;2H,1H2. The molecular formula is C23H32N4S. The number of aryl methyl sites for hydroxylation is 2. The Morgan fingerprint density at radius 1 is 1.07 bits per heavy atom. The van der Waals surface area contributed by atoms with Crippen LogP contribution >= 0.6 is 11.3 Å². The molecular weight excluding hydrogens is 364 g/mol. The van der Waals surface area contributed by atoms with Crippen molar-refractivity contribution in [3.8, 4) is 0 Å².